The zero-order chi connectivity index (χ0) is 11.5. The summed E-state index contributed by atoms with van der Waals surface area (Å²) < 4.78 is 26.5. The van der Waals surface area contributed by atoms with Crippen molar-refractivity contribution in [2.45, 2.75) is 19.4 Å². The fourth-order valence-electron chi connectivity index (χ4n) is 1.36. The molecule has 1 aromatic carbocycles. The summed E-state index contributed by atoms with van der Waals surface area (Å²) >= 11 is 5.74. The number of hydrogen-bond donors (Lipinski definition) is 1. The van der Waals surface area contributed by atoms with Crippen molar-refractivity contribution >= 4 is 11.6 Å². The minimum absolute atomic E-state index is 0.0675. The van der Waals surface area contributed by atoms with Gasteiger partial charge in [0.1, 0.15) is 0 Å². The standard InChI is InChI=1S/C10H12ClF2NO/c1-10(12,13)9-7(6-14-15-2)4-3-5-8(9)11/h3-5,14H,6H2,1-2H3. The molecule has 0 spiro atoms. The zero-order valence-corrected chi connectivity index (χ0v) is 9.24. The van der Waals surface area contributed by atoms with Crippen LogP contribution in [0.5, 0.6) is 0 Å². The van der Waals surface area contributed by atoms with E-state index in [4.69, 9.17) is 11.6 Å². The van der Waals surface area contributed by atoms with Gasteiger partial charge in [-0.1, -0.05) is 23.7 Å². The Labute approximate surface area is 92.1 Å². The lowest BCUT2D eigenvalue weighted by Gasteiger charge is -2.17. The van der Waals surface area contributed by atoms with Crippen molar-refractivity contribution < 1.29 is 13.6 Å². The molecule has 0 unspecified atom stereocenters. The van der Waals surface area contributed by atoms with Gasteiger partial charge in [0.2, 0.25) is 0 Å². The van der Waals surface area contributed by atoms with Crippen molar-refractivity contribution in [3.05, 3.63) is 34.3 Å². The lowest BCUT2D eigenvalue weighted by Crippen LogP contribution is -2.17. The van der Waals surface area contributed by atoms with E-state index in [0.717, 1.165) is 6.92 Å². The topological polar surface area (TPSA) is 21.3 Å². The highest BCUT2D eigenvalue weighted by atomic mass is 35.5. The molecule has 1 N–H and O–H groups in total. The van der Waals surface area contributed by atoms with Crippen molar-refractivity contribution in [3.8, 4) is 0 Å². The Hall–Kier alpha value is -0.710. The minimum Gasteiger partial charge on any atom is -0.305 e. The average molecular weight is 236 g/mol. The Bertz CT molecular complexity index is 339. The largest absolute Gasteiger partial charge is 0.305 e. The van der Waals surface area contributed by atoms with Crippen LogP contribution in [0.3, 0.4) is 0 Å². The van der Waals surface area contributed by atoms with Gasteiger partial charge in [0.05, 0.1) is 12.1 Å². The fraction of sp³-hybridized carbons (Fsp3) is 0.400. The van der Waals surface area contributed by atoms with Crippen LogP contribution in [0.4, 0.5) is 8.78 Å². The fourth-order valence-corrected chi connectivity index (χ4v) is 1.72. The van der Waals surface area contributed by atoms with Crippen LogP contribution in [-0.2, 0) is 17.3 Å². The highest BCUT2D eigenvalue weighted by Gasteiger charge is 2.29. The molecule has 0 heterocycles. The molecular weight excluding hydrogens is 224 g/mol. The molecule has 0 amide bonds. The highest BCUT2D eigenvalue weighted by Crippen LogP contribution is 2.35. The molecule has 0 saturated heterocycles. The molecule has 15 heavy (non-hydrogen) atoms. The Morgan fingerprint density at radius 2 is 2.13 bits per heavy atom. The first-order valence-corrected chi connectivity index (χ1v) is 4.76. The van der Waals surface area contributed by atoms with Crippen LogP contribution in [-0.4, -0.2) is 7.11 Å². The normalized spacial score (nSPS) is 11.8. The van der Waals surface area contributed by atoms with E-state index in [9.17, 15) is 8.78 Å². The van der Waals surface area contributed by atoms with Gasteiger partial charge < -0.3 is 4.84 Å². The second-order valence-corrected chi connectivity index (χ2v) is 3.59. The van der Waals surface area contributed by atoms with E-state index in [1.165, 1.54) is 13.2 Å². The first-order valence-electron chi connectivity index (χ1n) is 4.38. The summed E-state index contributed by atoms with van der Waals surface area (Å²) in [6, 6.07) is 4.67. The molecular formula is C10H12ClF2NO. The van der Waals surface area contributed by atoms with Gasteiger partial charge in [-0.3, -0.25) is 0 Å². The Morgan fingerprint density at radius 1 is 1.47 bits per heavy atom. The average Bonchev–Trinajstić information content (AvgIpc) is 2.12. The molecule has 2 nitrogen and oxygen atoms in total. The SMILES string of the molecule is CONCc1cccc(Cl)c1C(C)(F)F. The molecule has 84 valence electrons. The van der Waals surface area contributed by atoms with Gasteiger partial charge in [-0.05, 0) is 11.6 Å². The number of rotatable bonds is 4. The van der Waals surface area contributed by atoms with E-state index in [0.29, 0.717) is 5.56 Å². The van der Waals surface area contributed by atoms with E-state index in [1.54, 1.807) is 12.1 Å². The quantitative estimate of drug-likeness (QED) is 0.810. The zero-order valence-electron chi connectivity index (χ0n) is 8.48. The van der Waals surface area contributed by atoms with Crippen LogP contribution in [0.1, 0.15) is 18.1 Å². The third-order valence-corrected chi connectivity index (χ3v) is 2.26. The number of benzene rings is 1. The number of alkyl halides is 2. The third kappa shape index (κ3) is 3.12. The van der Waals surface area contributed by atoms with Crippen LogP contribution in [0.25, 0.3) is 0 Å². The smallest absolute Gasteiger partial charge is 0.272 e. The monoisotopic (exact) mass is 235 g/mol. The second kappa shape index (κ2) is 4.88. The van der Waals surface area contributed by atoms with E-state index in [-0.39, 0.29) is 17.1 Å². The molecule has 0 aliphatic rings. The van der Waals surface area contributed by atoms with Gasteiger partial charge >= 0.3 is 0 Å². The highest BCUT2D eigenvalue weighted by molar-refractivity contribution is 6.31. The summed E-state index contributed by atoms with van der Waals surface area (Å²) in [7, 11) is 1.42. The van der Waals surface area contributed by atoms with E-state index in [1.807, 2.05) is 0 Å². The van der Waals surface area contributed by atoms with Crippen molar-refractivity contribution in [3.63, 3.8) is 0 Å². The van der Waals surface area contributed by atoms with Crippen molar-refractivity contribution in [2.75, 3.05) is 7.11 Å². The molecule has 5 heteroatoms. The molecule has 0 aliphatic carbocycles. The number of hydroxylamine groups is 1. The summed E-state index contributed by atoms with van der Waals surface area (Å²) in [5.41, 5.74) is 2.78. The van der Waals surface area contributed by atoms with E-state index >= 15 is 0 Å². The van der Waals surface area contributed by atoms with Crippen molar-refractivity contribution in [1.82, 2.24) is 5.48 Å². The predicted octanol–water partition coefficient (Wildman–Crippen LogP) is 3.10. The van der Waals surface area contributed by atoms with Gasteiger partial charge in [-0.25, -0.2) is 8.78 Å². The molecule has 0 bridgehead atoms. The van der Waals surface area contributed by atoms with Crippen LogP contribution in [0.15, 0.2) is 18.2 Å². The number of halogens is 3. The predicted molar refractivity (Wildman–Crippen MR) is 54.9 cm³/mol. The van der Waals surface area contributed by atoms with E-state index in [2.05, 4.69) is 10.3 Å². The molecule has 0 aromatic heterocycles. The summed E-state index contributed by atoms with van der Waals surface area (Å²) in [6.07, 6.45) is 0. The lowest BCUT2D eigenvalue weighted by molar-refractivity contribution is 0.0152. The van der Waals surface area contributed by atoms with Crippen LogP contribution in [0, 0.1) is 0 Å². The van der Waals surface area contributed by atoms with Crippen LogP contribution < -0.4 is 5.48 Å². The molecule has 0 fully saturated rings. The molecule has 0 atom stereocenters. The molecule has 1 aromatic rings. The molecule has 0 radical (unpaired) electrons. The first kappa shape index (κ1) is 12.4. The number of hydrogen-bond acceptors (Lipinski definition) is 2. The van der Waals surface area contributed by atoms with E-state index < -0.39 is 5.92 Å². The number of nitrogens with one attached hydrogen (secondary N) is 1. The van der Waals surface area contributed by atoms with Crippen molar-refractivity contribution in [2.24, 2.45) is 0 Å². The molecule has 1 rings (SSSR count). The van der Waals surface area contributed by atoms with Gasteiger partial charge in [-0.2, -0.15) is 5.48 Å². The maximum Gasteiger partial charge on any atom is 0.272 e. The maximum atomic E-state index is 13.3. The molecule has 0 saturated carbocycles. The summed E-state index contributed by atoms with van der Waals surface area (Å²) in [6.45, 7) is 1.01. The molecule has 0 aliphatic heterocycles. The summed E-state index contributed by atoms with van der Waals surface area (Å²) in [4.78, 5) is 4.62. The maximum absolute atomic E-state index is 13.3. The van der Waals surface area contributed by atoms with Crippen LogP contribution in [0.2, 0.25) is 5.02 Å². The Morgan fingerprint density at radius 3 is 2.67 bits per heavy atom. The summed E-state index contributed by atoms with van der Waals surface area (Å²) in [5.74, 6) is -2.96. The van der Waals surface area contributed by atoms with Gasteiger partial charge in [0.25, 0.3) is 5.92 Å². The van der Waals surface area contributed by atoms with Crippen LogP contribution >= 0.6 is 11.6 Å². The van der Waals surface area contributed by atoms with Crippen molar-refractivity contribution in [1.29, 1.82) is 0 Å². The summed E-state index contributed by atoms with van der Waals surface area (Å²) in [5, 5.41) is 0.0675. The first-order chi connectivity index (χ1) is 6.96. The van der Waals surface area contributed by atoms with Gasteiger partial charge in [0.15, 0.2) is 0 Å². The lowest BCUT2D eigenvalue weighted by atomic mass is 10.0. The third-order valence-electron chi connectivity index (χ3n) is 1.95. The Kier molecular flexibility index (Phi) is 4.02. The second-order valence-electron chi connectivity index (χ2n) is 3.19. The minimum atomic E-state index is -2.96. The van der Waals surface area contributed by atoms with Gasteiger partial charge in [0, 0.05) is 19.0 Å². The Balaban J connectivity index is 3.09. The van der Waals surface area contributed by atoms with Gasteiger partial charge in [-0.15, -0.1) is 0 Å².